The van der Waals surface area contributed by atoms with Crippen LogP contribution in [0.1, 0.15) is 41.0 Å². The second-order valence-electron chi connectivity index (χ2n) is 6.15. The van der Waals surface area contributed by atoms with E-state index in [1.54, 1.807) is 0 Å². The molecule has 0 bridgehead atoms. The molecular weight excluding hydrogens is 364 g/mol. The highest BCUT2D eigenvalue weighted by atomic mass is 16.6. The third-order valence-corrected chi connectivity index (χ3v) is 3.77. The zero-order valence-electron chi connectivity index (χ0n) is 15.9. The van der Waals surface area contributed by atoms with Crippen LogP contribution < -0.4 is 0 Å². The number of ether oxygens (including phenoxy) is 5. The first kappa shape index (κ1) is 22.4. The first-order valence-corrected chi connectivity index (χ1v) is 8.33. The van der Waals surface area contributed by atoms with Crippen molar-refractivity contribution in [1.29, 1.82) is 0 Å². The van der Waals surface area contributed by atoms with Gasteiger partial charge in [-0.3, -0.25) is 24.0 Å². The van der Waals surface area contributed by atoms with Crippen molar-refractivity contribution in [2.75, 3.05) is 6.61 Å². The highest BCUT2D eigenvalue weighted by molar-refractivity contribution is 5.69. The molecule has 0 amide bonds. The van der Waals surface area contributed by atoms with E-state index in [-0.39, 0.29) is 13.0 Å². The summed E-state index contributed by atoms with van der Waals surface area (Å²) in [5.74, 6) is -4.08. The minimum Gasteiger partial charge on any atom is -0.465 e. The van der Waals surface area contributed by atoms with E-state index in [9.17, 15) is 24.0 Å². The van der Waals surface area contributed by atoms with E-state index in [2.05, 4.69) is 0 Å². The van der Waals surface area contributed by atoms with Crippen molar-refractivity contribution in [3.05, 3.63) is 0 Å². The van der Waals surface area contributed by atoms with Crippen LogP contribution in [-0.2, 0) is 47.7 Å². The first-order valence-electron chi connectivity index (χ1n) is 8.33. The van der Waals surface area contributed by atoms with Gasteiger partial charge in [0.25, 0.3) is 0 Å². The first-order chi connectivity index (χ1) is 12.5. The topological polar surface area (TPSA) is 132 Å². The third-order valence-electron chi connectivity index (χ3n) is 3.77. The van der Waals surface area contributed by atoms with Gasteiger partial charge in [-0.15, -0.1) is 0 Å². The molecule has 0 spiro atoms. The average molecular weight is 388 g/mol. The van der Waals surface area contributed by atoms with Crippen LogP contribution in [0.15, 0.2) is 0 Å². The Morgan fingerprint density at radius 2 is 1.07 bits per heavy atom. The minimum atomic E-state index is -1.16. The molecule has 1 aliphatic rings. The largest absolute Gasteiger partial charge is 0.465 e. The summed E-state index contributed by atoms with van der Waals surface area (Å²) in [5, 5.41) is 0. The maximum Gasteiger partial charge on any atom is 0.303 e. The molecule has 1 aliphatic carbocycles. The molecule has 0 unspecified atom stereocenters. The molecule has 0 aliphatic heterocycles. The molecule has 0 aromatic carbocycles. The molecule has 0 saturated heterocycles. The molecule has 10 heteroatoms. The van der Waals surface area contributed by atoms with Crippen molar-refractivity contribution in [3.8, 4) is 0 Å². The Bertz CT molecular complexity index is 599. The minimum absolute atomic E-state index is 0.0270. The Morgan fingerprint density at radius 3 is 1.52 bits per heavy atom. The molecule has 10 nitrogen and oxygen atoms in total. The van der Waals surface area contributed by atoms with E-state index in [1.807, 2.05) is 0 Å². The van der Waals surface area contributed by atoms with Crippen molar-refractivity contribution in [1.82, 2.24) is 0 Å². The molecular formula is C17H24O10. The molecule has 5 atom stereocenters. The Hall–Kier alpha value is -2.65. The summed E-state index contributed by atoms with van der Waals surface area (Å²) in [5.41, 5.74) is 0. The van der Waals surface area contributed by atoms with Gasteiger partial charge in [-0.1, -0.05) is 0 Å². The summed E-state index contributed by atoms with van der Waals surface area (Å²) >= 11 is 0. The number of carbonyl (C=O) groups excluding carboxylic acids is 5. The molecule has 0 aromatic heterocycles. The molecule has 27 heavy (non-hydrogen) atoms. The predicted molar refractivity (Wildman–Crippen MR) is 87.0 cm³/mol. The van der Waals surface area contributed by atoms with Crippen molar-refractivity contribution in [2.24, 2.45) is 5.92 Å². The molecule has 0 aromatic rings. The fraction of sp³-hybridized carbons (Fsp3) is 0.706. The molecule has 0 N–H and O–H groups in total. The van der Waals surface area contributed by atoms with Crippen molar-refractivity contribution in [2.45, 2.75) is 65.5 Å². The Kier molecular flexibility index (Phi) is 8.20. The maximum atomic E-state index is 11.6. The van der Waals surface area contributed by atoms with Crippen LogP contribution in [-0.4, -0.2) is 60.9 Å². The molecule has 1 fully saturated rings. The second kappa shape index (κ2) is 9.89. The number of rotatable bonds is 6. The van der Waals surface area contributed by atoms with E-state index in [1.165, 1.54) is 13.8 Å². The van der Waals surface area contributed by atoms with Crippen molar-refractivity contribution in [3.63, 3.8) is 0 Å². The fourth-order valence-electron chi connectivity index (χ4n) is 2.98. The van der Waals surface area contributed by atoms with Gasteiger partial charge in [-0.2, -0.15) is 0 Å². The van der Waals surface area contributed by atoms with Crippen molar-refractivity contribution >= 4 is 29.8 Å². The smallest absolute Gasteiger partial charge is 0.303 e. The lowest BCUT2D eigenvalue weighted by atomic mass is 9.80. The van der Waals surface area contributed by atoms with Crippen LogP contribution in [0, 0.1) is 5.92 Å². The third kappa shape index (κ3) is 7.24. The van der Waals surface area contributed by atoms with Crippen LogP contribution in [0.3, 0.4) is 0 Å². The molecule has 0 heterocycles. The summed E-state index contributed by atoms with van der Waals surface area (Å²) in [6, 6.07) is 0. The van der Waals surface area contributed by atoms with E-state index in [0.29, 0.717) is 0 Å². The van der Waals surface area contributed by atoms with Crippen LogP contribution in [0.2, 0.25) is 0 Å². The maximum absolute atomic E-state index is 11.6. The zero-order valence-corrected chi connectivity index (χ0v) is 15.9. The van der Waals surface area contributed by atoms with E-state index in [4.69, 9.17) is 23.7 Å². The van der Waals surface area contributed by atoms with E-state index in [0.717, 1.165) is 20.8 Å². The van der Waals surface area contributed by atoms with E-state index >= 15 is 0 Å². The molecule has 152 valence electrons. The Labute approximate surface area is 156 Å². The summed E-state index contributed by atoms with van der Waals surface area (Å²) in [6.07, 6.45) is -4.26. The molecule has 1 saturated carbocycles. The van der Waals surface area contributed by atoms with E-state index < -0.39 is 60.2 Å². The highest BCUT2D eigenvalue weighted by Gasteiger charge is 2.52. The predicted octanol–water partition coefficient (Wildman–Crippen LogP) is 0.296. The average Bonchev–Trinajstić information content (AvgIpc) is 2.48. The second-order valence-corrected chi connectivity index (χ2v) is 6.15. The van der Waals surface area contributed by atoms with Gasteiger partial charge in [-0.25, -0.2) is 0 Å². The van der Waals surface area contributed by atoms with Gasteiger partial charge in [-0.05, 0) is 0 Å². The van der Waals surface area contributed by atoms with Crippen molar-refractivity contribution < 1.29 is 47.7 Å². The monoisotopic (exact) mass is 388 g/mol. The summed E-state index contributed by atoms with van der Waals surface area (Å²) in [7, 11) is 0. The van der Waals surface area contributed by atoms with Gasteiger partial charge in [0.2, 0.25) is 0 Å². The quantitative estimate of drug-likeness (QED) is 0.462. The number of hydrogen-bond donors (Lipinski definition) is 0. The number of esters is 5. The summed E-state index contributed by atoms with van der Waals surface area (Å²) < 4.78 is 26.0. The lowest BCUT2D eigenvalue weighted by Crippen LogP contribution is -2.59. The molecule has 0 radical (unpaired) electrons. The van der Waals surface area contributed by atoms with Crippen LogP contribution in [0.4, 0.5) is 0 Å². The summed E-state index contributed by atoms with van der Waals surface area (Å²) in [4.78, 5) is 57.3. The van der Waals surface area contributed by atoms with Crippen LogP contribution in [0.5, 0.6) is 0 Å². The fourth-order valence-corrected chi connectivity index (χ4v) is 2.98. The van der Waals surface area contributed by atoms with Gasteiger partial charge < -0.3 is 23.7 Å². The Morgan fingerprint density at radius 1 is 0.630 bits per heavy atom. The van der Waals surface area contributed by atoms with Crippen LogP contribution >= 0.6 is 0 Å². The van der Waals surface area contributed by atoms with Gasteiger partial charge in [0.15, 0.2) is 12.2 Å². The lowest BCUT2D eigenvalue weighted by Gasteiger charge is -2.43. The Balaban J connectivity index is 3.29. The van der Waals surface area contributed by atoms with Crippen LogP contribution in [0.25, 0.3) is 0 Å². The zero-order chi connectivity index (χ0) is 20.7. The highest BCUT2D eigenvalue weighted by Crippen LogP contribution is 2.34. The SMILES string of the molecule is CC(=O)OC[C@H]1[C@@H](OC(C)=O)[C@@H](OC(C)=O)[C@@H](OC(C)=O)C[C@@H]1OC(C)=O. The standard InChI is InChI=1S/C17H24O10/c1-8(18)23-7-13-14(24-9(2)19)6-15(25-10(3)20)17(27-12(5)22)16(13)26-11(4)21/h13-17H,6-7H2,1-5H3/t13-,14+,15+,16-,17+/m1/s1. The van der Waals surface area contributed by atoms with Gasteiger partial charge in [0.1, 0.15) is 18.8 Å². The summed E-state index contributed by atoms with van der Waals surface area (Å²) in [6.45, 7) is 5.57. The van der Waals surface area contributed by atoms with Gasteiger partial charge in [0, 0.05) is 41.0 Å². The van der Waals surface area contributed by atoms with Gasteiger partial charge >= 0.3 is 29.8 Å². The number of carbonyl (C=O) groups is 5. The number of hydrogen-bond acceptors (Lipinski definition) is 10. The van der Waals surface area contributed by atoms with Gasteiger partial charge in [0.05, 0.1) is 5.92 Å². The normalized spacial score (nSPS) is 27.1. The lowest BCUT2D eigenvalue weighted by molar-refractivity contribution is -0.216. The molecule has 1 rings (SSSR count).